The van der Waals surface area contributed by atoms with Crippen molar-refractivity contribution in [2.45, 2.75) is 37.6 Å². The number of benzene rings is 2. The molecule has 1 aliphatic rings. The highest BCUT2D eigenvalue weighted by atomic mass is 32.2. The van der Waals surface area contributed by atoms with Gasteiger partial charge in [0.25, 0.3) is 5.91 Å². The van der Waals surface area contributed by atoms with Gasteiger partial charge in [-0.1, -0.05) is 44.2 Å². The lowest BCUT2D eigenvalue weighted by Gasteiger charge is -2.26. The molecule has 1 fully saturated rings. The van der Waals surface area contributed by atoms with Crippen LogP contribution in [-0.4, -0.2) is 44.2 Å². The third-order valence-electron chi connectivity index (χ3n) is 5.19. The number of carbonyl (C=O) groups is 2. The van der Waals surface area contributed by atoms with Gasteiger partial charge in [0.05, 0.1) is 17.5 Å². The minimum Gasteiger partial charge on any atom is -0.354 e. The van der Waals surface area contributed by atoms with Gasteiger partial charge >= 0.3 is 0 Å². The van der Waals surface area contributed by atoms with Crippen LogP contribution in [-0.2, 0) is 14.8 Å². The molecule has 0 aromatic heterocycles. The summed E-state index contributed by atoms with van der Waals surface area (Å²) < 4.78 is 26.8. The molecular formula is C22H27N3O4S. The second-order valence-corrected chi connectivity index (χ2v) is 9.67. The fourth-order valence-corrected chi connectivity index (χ4v) is 4.74. The number of hydrogen-bond donors (Lipinski definition) is 2. The fraction of sp³-hybridized carbons (Fsp3) is 0.364. The number of hydrogen-bond acceptors (Lipinski definition) is 4. The van der Waals surface area contributed by atoms with Crippen LogP contribution >= 0.6 is 0 Å². The summed E-state index contributed by atoms with van der Waals surface area (Å²) in [5.41, 5.74) is 2.45. The lowest BCUT2D eigenvalue weighted by molar-refractivity contribution is -0.122. The quantitative estimate of drug-likeness (QED) is 0.737. The molecule has 0 radical (unpaired) electrons. The van der Waals surface area contributed by atoms with Crippen molar-refractivity contribution in [1.82, 2.24) is 14.9 Å². The summed E-state index contributed by atoms with van der Waals surface area (Å²) in [6.45, 7) is 6.38. The molecule has 0 unspecified atom stereocenters. The lowest BCUT2D eigenvalue weighted by Crippen LogP contribution is -2.49. The monoisotopic (exact) mass is 429 g/mol. The molecular weight excluding hydrogens is 402 g/mol. The lowest BCUT2D eigenvalue weighted by atomic mass is 9.99. The summed E-state index contributed by atoms with van der Waals surface area (Å²) in [6, 6.07) is 13.7. The Bertz CT molecular complexity index is 1030. The average molecular weight is 430 g/mol. The summed E-state index contributed by atoms with van der Waals surface area (Å²) in [6.07, 6.45) is 0. The Morgan fingerprint density at radius 2 is 1.73 bits per heavy atom. The van der Waals surface area contributed by atoms with Crippen molar-refractivity contribution in [2.75, 3.05) is 19.6 Å². The highest BCUT2D eigenvalue weighted by molar-refractivity contribution is 7.89. The van der Waals surface area contributed by atoms with Crippen molar-refractivity contribution in [2.24, 2.45) is 0 Å². The summed E-state index contributed by atoms with van der Waals surface area (Å²) in [4.78, 5) is 24.3. The van der Waals surface area contributed by atoms with E-state index in [4.69, 9.17) is 0 Å². The van der Waals surface area contributed by atoms with Gasteiger partial charge in [0.2, 0.25) is 15.9 Å². The van der Waals surface area contributed by atoms with Crippen LogP contribution in [0.25, 0.3) is 0 Å². The molecule has 8 heteroatoms. The van der Waals surface area contributed by atoms with Crippen molar-refractivity contribution in [3.63, 3.8) is 0 Å². The molecule has 30 heavy (non-hydrogen) atoms. The normalized spacial score (nSPS) is 16.2. The number of amides is 2. The first kappa shape index (κ1) is 22.0. The molecule has 3 rings (SSSR count). The predicted octanol–water partition coefficient (Wildman–Crippen LogP) is 2.42. The van der Waals surface area contributed by atoms with E-state index >= 15 is 0 Å². The smallest absolute Gasteiger partial charge is 0.251 e. The van der Waals surface area contributed by atoms with Gasteiger partial charge in [0.1, 0.15) is 0 Å². The van der Waals surface area contributed by atoms with E-state index in [9.17, 15) is 18.0 Å². The molecule has 160 valence electrons. The molecule has 0 spiro atoms. The van der Waals surface area contributed by atoms with E-state index in [0.717, 1.165) is 9.87 Å². The van der Waals surface area contributed by atoms with Crippen molar-refractivity contribution >= 4 is 21.8 Å². The fourth-order valence-electron chi connectivity index (χ4n) is 3.30. The number of carbonyl (C=O) groups excluding carboxylic acids is 2. The number of nitrogens with one attached hydrogen (secondary N) is 2. The Balaban J connectivity index is 1.74. The van der Waals surface area contributed by atoms with E-state index in [2.05, 4.69) is 24.5 Å². The van der Waals surface area contributed by atoms with Gasteiger partial charge in [-0.15, -0.1) is 0 Å². The molecule has 0 saturated carbocycles. The van der Waals surface area contributed by atoms with Crippen LogP contribution < -0.4 is 10.6 Å². The summed E-state index contributed by atoms with van der Waals surface area (Å²) >= 11 is 0. The maximum absolute atomic E-state index is 12.9. The Hall–Kier alpha value is -2.71. The molecule has 1 heterocycles. The second-order valence-electron chi connectivity index (χ2n) is 7.73. The molecule has 1 atom stereocenters. The second kappa shape index (κ2) is 8.97. The maximum Gasteiger partial charge on any atom is 0.251 e. The van der Waals surface area contributed by atoms with Crippen LogP contribution in [0.3, 0.4) is 0 Å². The van der Waals surface area contributed by atoms with Crippen molar-refractivity contribution < 1.29 is 18.0 Å². The molecule has 2 aromatic rings. The topological polar surface area (TPSA) is 95.6 Å². The number of rotatable bonds is 6. The van der Waals surface area contributed by atoms with Crippen LogP contribution in [0.1, 0.15) is 54.2 Å². The van der Waals surface area contributed by atoms with Crippen LogP contribution in [0.2, 0.25) is 0 Å². The van der Waals surface area contributed by atoms with E-state index in [1.807, 2.05) is 31.2 Å². The van der Waals surface area contributed by atoms with Gasteiger partial charge < -0.3 is 10.6 Å². The summed E-state index contributed by atoms with van der Waals surface area (Å²) in [5.74, 6) is -0.264. The summed E-state index contributed by atoms with van der Waals surface area (Å²) in [7, 11) is -3.85. The van der Waals surface area contributed by atoms with Gasteiger partial charge in [0.15, 0.2) is 0 Å². The first-order valence-corrected chi connectivity index (χ1v) is 11.4. The van der Waals surface area contributed by atoms with Crippen molar-refractivity contribution in [3.8, 4) is 0 Å². The van der Waals surface area contributed by atoms with Gasteiger partial charge in [-0.05, 0) is 42.2 Å². The van der Waals surface area contributed by atoms with E-state index in [1.54, 1.807) is 6.07 Å². The van der Waals surface area contributed by atoms with Gasteiger partial charge in [-0.2, -0.15) is 4.31 Å². The van der Waals surface area contributed by atoms with Crippen molar-refractivity contribution in [1.29, 1.82) is 0 Å². The Labute approximate surface area is 177 Å². The van der Waals surface area contributed by atoms with Gasteiger partial charge in [0, 0.05) is 18.7 Å². The van der Waals surface area contributed by atoms with Crippen LogP contribution in [0.5, 0.6) is 0 Å². The van der Waals surface area contributed by atoms with E-state index in [1.165, 1.54) is 23.8 Å². The zero-order valence-electron chi connectivity index (χ0n) is 17.4. The van der Waals surface area contributed by atoms with Gasteiger partial charge in [-0.25, -0.2) is 8.42 Å². The molecule has 1 saturated heterocycles. The molecule has 2 amide bonds. The molecule has 0 aliphatic carbocycles. The number of piperazine rings is 1. The average Bonchev–Trinajstić information content (AvgIpc) is 2.73. The zero-order chi connectivity index (χ0) is 21.9. The standard InChI is InChI=1S/C22H27N3O4S/c1-15(2)17-7-9-18(10-8-17)16(3)24-22(27)19-5-4-6-20(13-19)30(28,29)25-12-11-23-21(26)14-25/h4-10,13,15-16H,11-12,14H2,1-3H3,(H,23,26)(H,24,27)/t16-/m0/s1. The first-order valence-electron chi connectivity index (χ1n) is 9.96. The van der Waals surface area contributed by atoms with Crippen molar-refractivity contribution in [3.05, 3.63) is 65.2 Å². The molecule has 2 N–H and O–H groups in total. The molecule has 7 nitrogen and oxygen atoms in total. The largest absolute Gasteiger partial charge is 0.354 e. The predicted molar refractivity (Wildman–Crippen MR) is 115 cm³/mol. The highest BCUT2D eigenvalue weighted by Crippen LogP contribution is 2.21. The summed E-state index contributed by atoms with van der Waals surface area (Å²) in [5, 5.41) is 5.52. The Kier molecular flexibility index (Phi) is 6.58. The first-order chi connectivity index (χ1) is 14.2. The number of nitrogens with zero attached hydrogens (tertiary/aromatic N) is 1. The Morgan fingerprint density at radius 1 is 1.07 bits per heavy atom. The van der Waals surface area contributed by atoms with Crippen LogP contribution in [0.15, 0.2) is 53.4 Å². The molecule has 0 bridgehead atoms. The third-order valence-corrected chi connectivity index (χ3v) is 7.03. The maximum atomic E-state index is 12.9. The molecule has 2 aromatic carbocycles. The van der Waals surface area contributed by atoms with Crippen LogP contribution in [0.4, 0.5) is 0 Å². The van der Waals surface area contributed by atoms with E-state index < -0.39 is 10.0 Å². The van der Waals surface area contributed by atoms with Crippen LogP contribution in [0, 0.1) is 0 Å². The van der Waals surface area contributed by atoms with Gasteiger partial charge in [-0.3, -0.25) is 9.59 Å². The van der Waals surface area contributed by atoms with E-state index in [0.29, 0.717) is 5.92 Å². The third kappa shape index (κ3) is 4.88. The Morgan fingerprint density at radius 3 is 2.37 bits per heavy atom. The molecule has 1 aliphatic heterocycles. The minimum absolute atomic E-state index is 0.00112. The minimum atomic E-state index is -3.85. The SMILES string of the molecule is CC(C)c1ccc([C@H](C)NC(=O)c2cccc(S(=O)(=O)N3CCNC(=O)C3)c2)cc1. The highest BCUT2D eigenvalue weighted by Gasteiger charge is 2.29. The van der Waals surface area contributed by atoms with E-state index in [-0.39, 0.29) is 47.9 Å². The zero-order valence-corrected chi connectivity index (χ0v) is 18.2. The number of sulfonamides is 1.